The molecular formula is C17H18ClNO5S. The molecule has 0 fully saturated rings. The molecule has 0 radical (unpaired) electrons. The predicted molar refractivity (Wildman–Crippen MR) is 94.8 cm³/mol. The Hall–Kier alpha value is -2.09. The zero-order valence-electron chi connectivity index (χ0n) is 13.3. The largest absolute Gasteiger partial charge is 0.494 e. The molecule has 0 saturated carbocycles. The summed E-state index contributed by atoms with van der Waals surface area (Å²) < 4.78 is 32.1. The molecule has 0 aliphatic rings. The van der Waals surface area contributed by atoms with E-state index in [1.54, 1.807) is 12.1 Å². The van der Waals surface area contributed by atoms with Gasteiger partial charge in [0.25, 0.3) is 0 Å². The Morgan fingerprint density at radius 3 is 2.52 bits per heavy atom. The molecule has 0 unspecified atom stereocenters. The number of sulfonamides is 1. The summed E-state index contributed by atoms with van der Waals surface area (Å²) in [6, 6.07) is 12.2. The SMILES string of the molecule is O=C(O)c1cccc(OCCCCNS(=O)(=O)c2ccc(Cl)cc2)c1. The first-order valence-electron chi connectivity index (χ1n) is 7.60. The topological polar surface area (TPSA) is 92.7 Å². The fourth-order valence-electron chi connectivity index (χ4n) is 2.04. The van der Waals surface area contributed by atoms with Gasteiger partial charge in [0.2, 0.25) is 10.0 Å². The van der Waals surface area contributed by atoms with Gasteiger partial charge >= 0.3 is 5.97 Å². The second-order valence-electron chi connectivity index (χ2n) is 5.24. The number of halogens is 1. The average molecular weight is 384 g/mol. The summed E-state index contributed by atoms with van der Waals surface area (Å²) in [6.45, 7) is 0.648. The summed E-state index contributed by atoms with van der Waals surface area (Å²) >= 11 is 5.74. The molecule has 2 aromatic rings. The van der Waals surface area contributed by atoms with Gasteiger partial charge in [-0.25, -0.2) is 17.9 Å². The van der Waals surface area contributed by atoms with Crippen molar-refractivity contribution >= 4 is 27.6 Å². The molecule has 0 amide bonds. The zero-order chi connectivity index (χ0) is 18.3. The Morgan fingerprint density at radius 2 is 1.84 bits per heavy atom. The molecule has 0 aliphatic carbocycles. The molecule has 0 atom stereocenters. The van der Waals surface area contributed by atoms with Gasteiger partial charge in [-0.05, 0) is 55.3 Å². The minimum atomic E-state index is -3.55. The van der Waals surface area contributed by atoms with Crippen molar-refractivity contribution in [2.24, 2.45) is 0 Å². The highest BCUT2D eigenvalue weighted by Gasteiger charge is 2.12. The van der Waals surface area contributed by atoms with Gasteiger partial charge in [0.1, 0.15) is 5.75 Å². The standard InChI is InChI=1S/C17H18ClNO5S/c18-14-6-8-16(9-7-14)25(22,23)19-10-1-2-11-24-15-5-3-4-13(12-15)17(20)21/h3-9,12,19H,1-2,10-11H2,(H,20,21). The molecule has 2 rings (SSSR count). The lowest BCUT2D eigenvalue weighted by Crippen LogP contribution is -2.25. The van der Waals surface area contributed by atoms with Gasteiger partial charge < -0.3 is 9.84 Å². The molecular weight excluding hydrogens is 366 g/mol. The van der Waals surface area contributed by atoms with Crippen molar-refractivity contribution in [1.82, 2.24) is 4.72 Å². The monoisotopic (exact) mass is 383 g/mol. The smallest absolute Gasteiger partial charge is 0.335 e. The maximum Gasteiger partial charge on any atom is 0.335 e. The van der Waals surface area contributed by atoms with E-state index >= 15 is 0 Å². The summed E-state index contributed by atoms with van der Waals surface area (Å²) in [5.41, 5.74) is 0.160. The summed E-state index contributed by atoms with van der Waals surface area (Å²) in [7, 11) is -3.55. The number of carbonyl (C=O) groups is 1. The molecule has 2 aromatic carbocycles. The predicted octanol–water partition coefficient (Wildman–Crippen LogP) is 3.18. The highest BCUT2D eigenvalue weighted by Crippen LogP contribution is 2.15. The van der Waals surface area contributed by atoms with Crippen molar-refractivity contribution in [2.75, 3.05) is 13.2 Å². The van der Waals surface area contributed by atoms with Crippen LogP contribution in [0.3, 0.4) is 0 Å². The highest BCUT2D eigenvalue weighted by atomic mass is 35.5. The summed E-state index contributed by atoms with van der Waals surface area (Å²) in [6.07, 6.45) is 1.21. The Bertz CT molecular complexity index is 821. The summed E-state index contributed by atoms with van der Waals surface area (Å²) in [5.74, 6) is -0.538. The van der Waals surface area contributed by atoms with Gasteiger partial charge in [0.15, 0.2) is 0 Å². The van der Waals surface area contributed by atoms with E-state index in [9.17, 15) is 13.2 Å². The fraction of sp³-hybridized carbons (Fsp3) is 0.235. The molecule has 0 spiro atoms. The summed E-state index contributed by atoms with van der Waals surface area (Å²) in [5, 5.41) is 9.38. The second-order valence-corrected chi connectivity index (χ2v) is 7.44. The van der Waals surface area contributed by atoms with Crippen LogP contribution >= 0.6 is 11.6 Å². The Kier molecular flexibility index (Phi) is 6.81. The van der Waals surface area contributed by atoms with Gasteiger partial charge in [-0.3, -0.25) is 0 Å². The number of nitrogens with one attached hydrogen (secondary N) is 1. The van der Waals surface area contributed by atoms with Crippen LogP contribution in [0.4, 0.5) is 0 Å². The molecule has 0 aliphatic heterocycles. The number of ether oxygens (including phenoxy) is 1. The Morgan fingerprint density at radius 1 is 1.12 bits per heavy atom. The Labute approximate surface area is 151 Å². The van der Waals surface area contributed by atoms with Crippen molar-refractivity contribution < 1.29 is 23.1 Å². The maximum absolute atomic E-state index is 12.1. The third kappa shape index (κ3) is 6.04. The van der Waals surface area contributed by atoms with Crippen molar-refractivity contribution in [3.05, 3.63) is 59.1 Å². The number of carboxylic acids is 1. The lowest BCUT2D eigenvalue weighted by atomic mass is 10.2. The van der Waals surface area contributed by atoms with E-state index in [-0.39, 0.29) is 17.0 Å². The van der Waals surface area contributed by atoms with Crippen LogP contribution in [0.25, 0.3) is 0 Å². The van der Waals surface area contributed by atoms with E-state index in [0.717, 1.165) is 0 Å². The third-order valence-electron chi connectivity index (χ3n) is 3.34. The van der Waals surface area contributed by atoms with Crippen molar-refractivity contribution in [1.29, 1.82) is 0 Å². The van der Waals surface area contributed by atoms with Crippen LogP contribution in [-0.4, -0.2) is 32.6 Å². The minimum Gasteiger partial charge on any atom is -0.494 e. The quantitative estimate of drug-likeness (QED) is 0.649. The third-order valence-corrected chi connectivity index (χ3v) is 5.07. The van der Waals surface area contributed by atoms with Gasteiger partial charge in [-0.2, -0.15) is 0 Å². The van der Waals surface area contributed by atoms with Crippen LogP contribution in [0.1, 0.15) is 23.2 Å². The molecule has 0 saturated heterocycles. The van der Waals surface area contributed by atoms with E-state index in [0.29, 0.717) is 30.2 Å². The molecule has 2 N–H and O–H groups in total. The Balaban J connectivity index is 1.72. The highest BCUT2D eigenvalue weighted by molar-refractivity contribution is 7.89. The first-order chi connectivity index (χ1) is 11.9. The molecule has 0 heterocycles. The van der Waals surface area contributed by atoms with Crippen LogP contribution in [-0.2, 0) is 10.0 Å². The van der Waals surface area contributed by atoms with Gasteiger partial charge in [-0.15, -0.1) is 0 Å². The molecule has 0 aromatic heterocycles. The fourth-order valence-corrected chi connectivity index (χ4v) is 3.24. The number of hydrogen-bond donors (Lipinski definition) is 2. The second kappa shape index (κ2) is 8.84. The van der Waals surface area contributed by atoms with E-state index in [4.69, 9.17) is 21.4 Å². The van der Waals surface area contributed by atoms with E-state index in [2.05, 4.69) is 4.72 Å². The van der Waals surface area contributed by atoms with Crippen LogP contribution in [0.2, 0.25) is 5.02 Å². The lowest BCUT2D eigenvalue weighted by molar-refractivity contribution is 0.0696. The van der Waals surface area contributed by atoms with Gasteiger partial charge in [0.05, 0.1) is 17.1 Å². The maximum atomic E-state index is 12.1. The number of aromatic carboxylic acids is 1. The molecule has 8 heteroatoms. The average Bonchev–Trinajstić information content (AvgIpc) is 2.58. The first-order valence-corrected chi connectivity index (χ1v) is 9.46. The number of hydrogen-bond acceptors (Lipinski definition) is 4. The molecule has 6 nitrogen and oxygen atoms in total. The molecule has 0 bridgehead atoms. The zero-order valence-corrected chi connectivity index (χ0v) is 14.9. The summed E-state index contributed by atoms with van der Waals surface area (Å²) in [4.78, 5) is 11.0. The number of benzene rings is 2. The first kappa shape index (κ1) is 19.2. The van der Waals surface area contributed by atoms with Crippen molar-refractivity contribution in [3.63, 3.8) is 0 Å². The lowest BCUT2D eigenvalue weighted by Gasteiger charge is -2.08. The normalized spacial score (nSPS) is 11.2. The molecule has 134 valence electrons. The van der Waals surface area contributed by atoms with E-state index < -0.39 is 16.0 Å². The van der Waals surface area contributed by atoms with Crippen LogP contribution in [0.5, 0.6) is 5.75 Å². The van der Waals surface area contributed by atoms with Crippen LogP contribution in [0.15, 0.2) is 53.4 Å². The van der Waals surface area contributed by atoms with Crippen LogP contribution < -0.4 is 9.46 Å². The number of carboxylic acid groups (broad SMARTS) is 1. The van der Waals surface area contributed by atoms with Crippen molar-refractivity contribution in [3.8, 4) is 5.75 Å². The van der Waals surface area contributed by atoms with Gasteiger partial charge in [0, 0.05) is 11.6 Å². The van der Waals surface area contributed by atoms with Crippen LogP contribution in [0, 0.1) is 0 Å². The van der Waals surface area contributed by atoms with E-state index in [1.165, 1.54) is 36.4 Å². The number of rotatable bonds is 9. The van der Waals surface area contributed by atoms with E-state index in [1.807, 2.05) is 0 Å². The van der Waals surface area contributed by atoms with Crippen molar-refractivity contribution in [2.45, 2.75) is 17.7 Å². The molecule has 25 heavy (non-hydrogen) atoms. The van der Waals surface area contributed by atoms with Gasteiger partial charge in [-0.1, -0.05) is 17.7 Å². The number of unbranched alkanes of at least 4 members (excludes halogenated alkanes) is 1. The minimum absolute atomic E-state index is 0.160.